The molecule has 4 nitrogen and oxygen atoms in total. The van der Waals surface area contributed by atoms with E-state index in [2.05, 4.69) is 32.8 Å². The summed E-state index contributed by atoms with van der Waals surface area (Å²) in [5, 5.41) is 1.06. The fourth-order valence-electron chi connectivity index (χ4n) is 3.13. The number of halogens is 3. The molecule has 0 amide bonds. The Bertz CT molecular complexity index is 769. The number of unbranched alkanes of at least 4 members (excludes halogenated alkanes) is 2. The lowest BCUT2D eigenvalue weighted by Crippen LogP contribution is -2.26. The van der Waals surface area contributed by atoms with Crippen LogP contribution in [0.5, 0.6) is 0 Å². The molecule has 1 aliphatic rings. The Kier molecular flexibility index (Phi) is 8.17. The summed E-state index contributed by atoms with van der Waals surface area (Å²) in [6.07, 6.45) is 9.77. The first-order valence-electron chi connectivity index (χ1n) is 8.80. The highest BCUT2D eigenvalue weighted by Crippen LogP contribution is 2.32. The van der Waals surface area contributed by atoms with Gasteiger partial charge in [0.15, 0.2) is 0 Å². The number of nitrogens with zero attached hydrogens (tertiary/aromatic N) is 3. The van der Waals surface area contributed by atoms with E-state index in [0.29, 0.717) is 10.1 Å². The van der Waals surface area contributed by atoms with Crippen molar-refractivity contribution < 1.29 is 0 Å². The molecule has 1 aliphatic carbocycles. The van der Waals surface area contributed by atoms with Crippen molar-refractivity contribution in [3.63, 3.8) is 0 Å². The first kappa shape index (κ1) is 20.7. The lowest BCUT2D eigenvalue weighted by molar-refractivity contribution is 0.514. The first-order valence-corrected chi connectivity index (χ1v) is 10.5. The highest BCUT2D eigenvalue weighted by atomic mass is 79.9. The second-order valence-corrected chi connectivity index (χ2v) is 7.83. The average molecular weight is 449 g/mol. The summed E-state index contributed by atoms with van der Waals surface area (Å²) in [5.74, 6) is 0.827. The highest BCUT2D eigenvalue weighted by molar-refractivity contribution is 9.10. The summed E-state index contributed by atoms with van der Waals surface area (Å²) >= 11 is 14.7. The molecule has 0 atom stereocenters. The minimum Gasteiger partial charge on any atom is -0.288 e. The molecule has 0 spiro atoms. The SMILES string of the molecule is CCCCCCl.Cc1c(Br)c(=O)n(C2CCCC2)c2nc(Cl)ncc12. The lowest BCUT2D eigenvalue weighted by atomic mass is 10.1. The first-order chi connectivity index (χ1) is 12.0. The Morgan fingerprint density at radius 2 is 2.00 bits per heavy atom. The van der Waals surface area contributed by atoms with Crippen molar-refractivity contribution in [2.75, 3.05) is 5.88 Å². The van der Waals surface area contributed by atoms with Gasteiger partial charge in [-0.2, -0.15) is 4.98 Å². The van der Waals surface area contributed by atoms with Crippen LogP contribution in [0.1, 0.15) is 63.5 Å². The molecule has 0 unspecified atom stereocenters. The van der Waals surface area contributed by atoms with Gasteiger partial charge < -0.3 is 0 Å². The van der Waals surface area contributed by atoms with Crippen molar-refractivity contribution >= 4 is 50.2 Å². The van der Waals surface area contributed by atoms with Crippen LogP contribution in [0, 0.1) is 6.92 Å². The van der Waals surface area contributed by atoms with Gasteiger partial charge in [-0.05, 0) is 59.3 Å². The van der Waals surface area contributed by atoms with Crippen LogP contribution in [0.2, 0.25) is 5.28 Å². The minimum atomic E-state index is -0.0216. The molecule has 138 valence electrons. The molecule has 1 fully saturated rings. The molecular formula is C18H24BrCl2N3O. The summed E-state index contributed by atoms with van der Waals surface area (Å²) in [5.41, 5.74) is 1.50. The van der Waals surface area contributed by atoms with Crippen molar-refractivity contribution in [1.82, 2.24) is 14.5 Å². The number of pyridine rings is 1. The van der Waals surface area contributed by atoms with Gasteiger partial charge in [0.05, 0.1) is 4.47 Å². The maximum atomic E-state index is 12.5. The summed E-state index contributed by atoms with van der Waals surface area (Å²) < 4.78 is 2.38. The maximum absolute atomic E-state index is 12.5. The minimum absolute atomic E-state index is 0.0216. The van der Waals surface area contributed by atoms with E-state index in [-0.39, 0.29) is 16.9 Å². The number of hydrogen-bond acceptors (Lipinski definition) is 3. The van der Waals surface area contributed by atoms with Gasteiger partial charge in [0.2, 0.25) is 5.28 Å². The topological polar surface area (TPSA) is 47.8 Å². The van der Waals surface area contributed by atoms with Gasteiger partial charge in [-0.25, -0.2) is 4.98 Å². The lowest BCUT2D eigenvalue weighted by Gasteiger charge is -2.18. The Morgan fingerprint density at radius 1 is 1.32 bits per heavy atom. The predicted molar refractivity (Wildman–Crippen MR) is 109 cm³/mol. The van der Waals surface area contributed by atoms with Crippen molar-refractivity contribution in [1.29, 1.82) is 0 Å². The van der Waals surface area contributed by atoms with E-state index < -0.39 is 0 Å². The van der Waals surface area contributed by atoms with Crippen LogP contribution >= 0.6 is 39.1 Å². The molecule has 0 aromatic carbocycles. The van der Waals surface area contributed by atoms with E-state index in [1.807, 2.05) is 6.92 Å². The molecule has 3 rings (SSSR count). The van der Waals surface area contributed by atoms with Gasteiger partial charge in [0, 0.05) is 23.5 Å². The number of aromatic nitrogens is 3. The maximum Gasteiger partial charge on any atom is 0.267 e. The Morgan fingerprint density at radius 3 is 2.56 bits per heavy atom. The second-order valence-electron chi connectivity index (χ2n) is 6.32. The fourth-order valence-corrected chi connectivity index (χ4v) is 3.85. The second kappa shape index (κ2) is 9.89. The molecule has 0 saturated heterocycles. The van der Waals surface area contributed by atoms with Gasteiger partial charge in [-0.3, -0.25) is 9.36 Å². The third kappa shape index (κ3) is 4.95. The smallest absolute Gasteiger partial charge is 0.267 e. The number of fused-ring (bicyclic) bond motifs is 1. The summed E-state index contributed by atoms with van der Waals surface area (Å²) in [6.45, 7) is 4.07. The van der Waals surface area contributed by atoms with Crippen molar-refractivity contribution in [2.45, 2.75) is 64.8 Å². The molecular weight excluding hydrogens is 425 g/mol. The van der Waals surface area contributed by atoms with Gasteiger partial charge >= 0.3 is 0 Å². The van der Waals surface area contributed by atoms with Crippen molar-refractivity contribution in [2.24, 2.45) is 0 Å². The molecule has 0 N–H and O–H groups in total. The van der Waals surface area contributed by atoms with Gasteiger partial charge in [-0.15, -0.1) is 11.6 Å². The molecule has 2 aromatic heterocycles. The third-order valence-corrected chi connectivity index (χ3v) is 5.92. The summed E-state index contributed by atoms with van der Waals surface area (Å²) in [4.78, 5) is 20.8. The van der Waals surface area contributed by atoms with Gasteiger partial charge in [-0.1, -0.05) is 32.6 Å². The fraction of sp³-hybridized carbons (Fsp3) is 0.611. The zero-order valence-electron chi connectivity index (χ0n) is 14.7. The monoisotopic (exact) mass is 447 g/mol. The Balaban J connectivity index is 0.000000326. The quantitative estimate of drug-likeness (QED) is 0.325. The van der Waals surface area contributed by atoms with E-state index in [1.165, 1.54) is 19.3 Å². The third-order valence-electron chi connectivity index (χ3n) is 4.53. The summed E-state index contributed by atoms with van der Waals surface area (Å²) in [7, 11) is 0. The van der Waals surface area contributed by atoms with Gasteiger partial charge in [0.25, 0.3) is 5.56 Å². The molecule has 0 bridgehead atoms. The number of alkyl halides is 1. The zero-order valence-corrected chi connectivity index (χ0v) is 17.8. The number of hydrogen-bond donors (Lipinski definition) is 0. The van der Waals surface area contributed by atoms with E-state index in [1.54, 1.807) is 10.8 Å². The van der Waals surface area contributed by atoms with Crippen LogP contribution < -0.4 is 5.56 Å². The normalized spacial score (nSPS) is 14.6. The number of rotatable bonds is 4. The Hall–Kier alpha value is -0.650. The van der Waals surface area contributed by atoms with Crippen LogP contribution in [-0.4, -0.2) is 20.4 Å². The van der Waals surface area contributed by atoms with E-state index in [0.717, 1.165) is 42.5 Å². The van der Waals surface area contributed by atoms with E-state index in [9.17, 15) is 4.79 Å². The van der Waals surface area contributed by atoms with Crippen LogP contribution in [0.3, 0.4) is 0 Å². The molecule has 2 aromatic rings. The van der Waals surface area contributed by atoms with Gasteiger partial charge in [0.1, 0.15) is 5.65 Å². The predicted octanol–water partition coefficient (Wildman–Crippen LogP) is 6.05. The van der Waals surface area contributed by atoms with Crippen LogP contribution in [0.25, 0.3) is 11.0 Å². The van der Waals surface area contributed by atoms with Crippen molar-refractivity contribution in [3.8, 4) is 0 Å². The standard InChI is InChI=1S/C13H13BrClN3O.C5H11Cl/c1-7-9-6-16-13(15)17-11(9)18(12(19)10(7)14)8-4-2-3-5-8;1-2-3-4-5-6/h6,8H,2-5H2,1H3;2-5H2,1H3. The van der Waals surface area contributed by atoms with Crippen molar-refractivity contribution in [3.05, 3.63) is 31.9 Å². The van der Waals surface area contributed by atoms with Crippen LogP contribution in [0.4, 0.5) is 0 Å². The largest absolute Gasteiger partial charge is 0.288 e. The zero-order chi connectivity index (χ0) is 18.4. The molecule has 2 heterocycles. The highest BCUT2D eigenvalue weighted by Gasteiger charge is 2.23. The van der Waals surface area contributed by atoms with Crippen LogP contribution in [0.15, 0.2) is 15.5 Å². The molecule has 7 heteroatoms. The summed E-state index contributed by atoms with van der Waals surface area (Å²) in [6, 6.07) is 0.220. The number of aryl methyl sites for hydroxylation is 1. The molecule has 0 aliphatic heterocycles. The molecule has 25 heavy (non-hydrogen) atoms. The Labute approximate surface area is 167 Å². The van der Waals surface area contributed by atoms with Crippen LogP contribution in [-0.2, 0) is 0 Å². The van der Waals surface area contributed by atoms with E-state index in [4.69, 9.17) is 23.2 Å². The van der Waals surface area contributed by atoms with E-state index >= 15 is 0 Å². The molecule has 0 radical (unpaired) electrons. The average Bonchev–Trinajstić information content (AvgIpc) is 3.13. The molecule has 1 saturated carbocycles.